The Kier molecular flexibility index (Phi) is 4.20. The van der Waals surface area contributed by atoms with Crippen LogP contribution < -0.4 is 10.1 Å². The third kappa shape index (κ3) is 3.01. The number of pyridine rings is 1. The Labute approximate surface area is 115 Å². The Balaban J connectivity index is 2.09. The molecule has 0 aliphatic heterocycles. The molecule has 2 rings (SSSR count). The molecule has 0 aliphatic carbocycles. The van der Waals surface area contributed by atoms with Gasteiger partial charge in [0.2, 0.25) is 0 Å². The van der Waals surface area contributed by atoms with E-state index in [1.807, 2.05) is 36.7 Å². The minimum atomic E-state index is 0.754. The van der Waals surface area contributed by atoms with Crippen LogP contribution in [0.15, 0.2) is 41.1 Å². The summed E-state index contributed by atoms with van der Waals surface area (Å²) in [7, 11) is 1.66. The van der Waals surface area contributed by atoms with Crippen LogP contribution in [-0.4, -0.2) is 12.1 Å². The highest BCUT2D eigenvalue weighted by Gasteiger charge is 2.02. The molecule has 0 saturated heterocycles. The fourth-order valence-corrected chi connectivity index (χ4v) is 2.06. The van der Waals surface area contributed by atoms with Gasteiger partial charge in [0.05, 0.1) is 11.6 Å². The van der Waals surface area contributed by atoms with Crippen molar-refractivity contribution in [2.45, 2.75) is 13.5 Å². The third-order valence-corrected chi connectivity index (χ3v) is 3.44. The zero-order valence-corrected chi connectivity index (χ0v) is 12.0. The van der Waals surface area contributed by atoms with Gasteiger partial charge in [-0.2, -0.15) is 0 Å². The van der Waals surface area contributed by atoms with Crippen molar-refractivity contribution in [1.82, 2.24) is 4.98 Å². The smallest absolute Gasteiger partial charge is 0.135 e. The number of ether oxygens (including phenoxy) is 1. The van der Waals surface area contributed by atoms with Crippen molar-refractivity contribution in [3.63, 3.8) is 0 Å². The lowest BCUT2D eigenvalue weighted by molar-refractivity contribution is 0.412. The summed E-state index contributed by atoms with van der Waals surface area (Å²) in [6, 6.07) is 7.96. The van der Waals surface area contributed by atoms with Gasteiger partial charge in [-0.1, -0.05) is 0 Å². The largest absolute Gasteiger partial charge is 0.495 e. The average Bonchev–Trinajstić information content (AvgIpc) is 2.39. The van der Waals surface area contributed by atoms with Crippen LogP contribution in [0.25, 0.3) is 0 Å². The molecular weight excluding hydrogens is 292 g/mol. The predicted molar refractivity (Wildman–Crippen MR) is 77.0 cm³/mol. The molecule has 18 heavy (non-hydrogen) atoms. The molecule has 1 aromatic heterocycles. The molecule has 0 spiro atoms. The highest BCUT2D eigenvalue weighted by molar-refractivity contribution is 9.10. The first-order chi connectivity index (χ1) is 8.70. The van der Waals surface area contributed by atoms with E-state index >= 15 is 0 Å². The Morgan fingerprint density at radius 2 is 2.17 bits per heavy atom. The number of halogens is 1. The molecule has 0 bridgehead atoms. The second-order valence-electron chi connectivity index (χ2n) is 4.01. The van der Waals surface area contributed by atoms with E-state index in [2.05, 4.69) is 33.2 Å². The van der Waals surface area contributed by atoms with Gasteiger partial charge in [0.15, 0.2) is 0 Å². The standard InChI is InChI=1S/C14H15BrN2O/c1-10-5-6-16-8-11(10)9-17-12-3-4-13(15)14(7-12)18-2/h3-8,17H,9H2,1-2H3. The summed E-state index contributed by atoms with van der Waals surface area (Å²) in [6.45, 7) is 2.84. The fraction of sp³-hybridized carbons (Fsp3) is 0.214. The lowest BCUT2D eigenvalue weighted by Crippen LogP contribution is -2.02. The number of benzene rings is 1. The summed E-state index contributed by atoms with van der Waals surface area (Å²) in [5, 5.41) is 3.36. The molecule has 0 fully saturated rings. The summed E-state index contributed by atoms with van der Waals surface area (Å²) in [4.78, 5) is 4.13. The second-order valence-corrected chi connectivity index (χ2v) is 4.86. The first kappa shape index (κ1) is 12.9. The first-order valence-electron chi connectivity index (χ1n) is 5.67. The number of nitrogens with zero attached hydrogens (tertiary/aromatic N) is 1. The van der Waals surface area contributed by atoms with Crippen LogP contribution in [0.3, 0.4) is 0 Å². The van der Waals surface area contributed by atoms with Crippen molar-refractivity contribution in [2.24, 2.45) is 0 Å². The molecule has 3 nitrogen and oxygen atoms in total. The van der Waals surface area contributed by atoms with E-state index in [1.54, 1.807) is 7.11 Å². The topological polar surface area (TPSA) is 34.1 Å². The normalized spacial score (nSPS) is 10.2. The van der Waals surface area contributed by atoms with Crippen LogP contribution in [0.2, 0.25) is 0 Å². The molecule has 0 radical (unpaired) electrons. The maximum absolute atomic E-state index is 5.26. The Morgan fingerprint density at radius 3 is 2.89 bits per heavy atom. The summed E-state index contributed by atoms with van der Waals surface area (Å²) >= 11 is 3.44. The Bertz CT molecular complexity index is 543. The van der Waals surface area contributed by atoms with Crippen molar-refractivity contribution in [3.05, 3.63) is 52.3 Å². The predicted octanol–water partition coefficient (Wildman–Crippen LogP) is 3.77. The van der Waals surface area contributed by atoms with E-state index in [4.69, 9.17) is 4.74 Å². The van der Waals surface area contributed by atoms with Gasteiger partial charge in [0.25, 0.3) is 0 Å². The van der Waals surface area contributed by atoms with Crippen LogP contribution in [0.1, 0.15) is 11.1 Å². The molecule has 94 valence electrons. The van der Waals surface area contributed by atoms with Crippen molar-refractivity contribution >= 4 is 21.6 Å². The van der Waals surface area contributed by atoms with Gasteiger partial charge in [-0.15, -0.1) is 0 Å². The highest BCUT2D eigenvalue weighted by atomic mass is 79.9. The second kappa shape index (κ2) is 5.87. The zero-order valence-electron chi connectivity index (χ0n) is 10.4. The number of aromatic nitrogens is 1. The van der Waals surface area contributed by atoms with Crippen LogP contribution in [-0.2, 0) is 6.54 Å². The number of rotatable bonds is 4. The Morgan fingerprint density at radius 1 is 1.33 bits per heavy atom. The zero-order chi connectivity index (χ0) is 13.0. The molecule has 1 N–H and O–H groups in total. The number of aryl methyl sites for hydroxylation is 1. The van der Waals surface area contributed by atoms with E-state index in [1.165, 1.54) is 11.1 Å². The summed E-state index contributed by atoms with van der Waals surface area (Å²) in [5.74, 6) is 0.822. The van der Waals surface area contributed by atoms with E-state index in [9.17, 15) is 0 Å². The quantitative estimate of drug-likeness (QED) is 0.933. The number of nitrogens with one attached hydrogen (secondary N) is 1. The lowest BCUT2D eigenvalue weighted by Gasteiger charge is -2.10. The van der Waals surface area contributed by atoms with Crippen molar-refractivity contribution in [1.29, 1.82) is 0 Å². The van der Waals surface area contributed by atoms with Gasteiger partial charge < -0.3 is 10.1 Å². The number of hydrogen-bond donors (Lipinski definition) is 1. The van der Waals surface area contributed by atoms with Gasteiger partial charge in [-0.3, -0.25) is 4.98 Å². The van der Waals surface area contributed by atoms with Gasteiger partial charge in [0, 0.05) is 30.7 Å². The lowest BCUT2D eigenvalue weighted by atomic mass is 10.1. The van der Waals surface area contributed by atoms with Gasteiger partial charge in [-0.05, 0) is 52.2 Å². The minimum absolute atomic E-state index is 0.754. The SMILES string of the molecule is COc1cc(NCc2cnccc2C)ccc1Br. The molecule has 0 amide bonds. The van der Waals surface area contributed by atoms with Crippen LogP contribution >= 0.6 is 15.9 Å². The first-order valence-corrected chi connectivity index (χ1v) is 6.47. The maximum atomic E-state index is 5.26. The number of methoxy groups -OCH3 is 1. The van der Waals surface area contributed by atoms with Gasteiger partial charge >= 0.3 is 0 Å². The number of anilines is 1. The van der Waals surface area contributed by atoms with E-state index < -0.39 is 0 Å². The molecule has 2 aromatic rings. The van der Waals surface area contributed by atoms with Crippen LogP contribution in [0.5, 0.6) is 5.75 Å². The van der Waals surface area contributed by atoms with E-state index in [0.717, 1.165) is 22.5 Å². The molecular formula is C14H15BrN2O. The van der Waals surface area contributed by atoms with Crippen molar-refractivity contribution in [2.75, 3.05) is 12.4 Å². The average molecular weight is 307 g/mol. The fourth-order valence-electron chi connectivity index (χ4n) is 1.65. The molecule has 0 unspecified atom stereocenters. The van der Waals surface area contributed by atoms with Crippen molar-refractivity contribution < 1.29 is 4.74 Å². The highest BCUT2D eigenvalue weighted by Crippen LogP contribution is 2.28. The molecule has 1 heterocycles. The molecule has 4 heteroatoms. The molecule has 0 aliphatic rings. The van der Waals surface area contributed by atoms with Crippen LogP contribution in [0.4, 0.5) is 5.69 Å². The molecule has 0 saturated carbocycles. The summed E-state index contributed by atoms with van der Waals surface area (Å²) < 4.78 is 6.21. The number of hydrogen-bond acceptors (Lipinski definition) is 3. The van der Waals surface area contributed by atoms with Gasteiger partial charge in [-0.25, -0.2) is 0 Å². The van der Waals surface area contributed by atoms with E-state index in [0.29, 0.717) is 0 Å². The molecule has 1 aromatic carbocycles. The third-order valence-electron chi connectivity index (χ3n) is 2.78. The molecule has 0 atom stereocenters. The maximum Gasteiger partial charge on any atom is 0.135 e. The Hall–Kier alpha value is -1.55. The van der Waals surface area contributed by atoms with Crippen molar-refractivity contribution in [3.8, 4) is 5.75 Å². The monoisotopic (exact) mass is 306 g/mol. The summed E-state index contributed by atoms with van der Waals surface area (Å²) in [6.07, 6.45) is 3.69. The van der Waals surface area contributed by atoms with Crippen LogP contribution in [0, 0.1) is 6.92 Å². The van der Waals surface area contributed by atoms with Gasteiger partial charge in [0.1, 0.15) is 5.75 Å². The minimum Gasteiger partial charge on any atom is -0.495 e. The summed E-state index contributed by atoms with van der Waals surface area (Å²) in [5.41, 5.74) is 3.46. The van der Waals surface area contributed by atoms with E-state index in [-0.39, 0.29) is 0 Å².